The summed E-state index contributed by atoms with van der Waals surface area (Å²) < 4.78 is 5.48. The second-order valence-corrected chi connectivity index (χ2v) is 5.45. The molecule has 4 N–H and O–H groups in total. The number of amides is 2. The van der Waals surface area contributed by atoms with Crippen LogP contribution in [-0.2, 0) is 16.1 Å². The molecule has 1 unspecified atom stereocenters. The van der Waals surface area contributed by atoms with E-state index in [4.69, 9.17) is 10.5 Å². The van der Waals surface area contributed by atoms with Gasteiger partial charge in [0.05, 0.1) is 13.2 Å². The Labute approximate surface area is 139 Å². The van der Waals surface area contributed by atoms with Gasteiger partial charge in [0.1, 0.15) is 18.1 Å². The molecule has 2 rings (SSSR count). The van der Waals surface area contributed by atoms with Gasteiger partial charge in [-0.1, -0.05) is 0 Å². The first-order valence-corrected chi connectivity index (χ1v) is 7.60. The molecule has 0 radical (unpaired) electrons. The predicted molar refractivity (Wildman–Crippen MR) is 85.6 cm³/mol. The van der Waals surface area contributed by atoms with Crippen LogP contribution < -0.4 is 15.9 Å². The summed E-state index contributed by atoms with van der Waals surface area (Å²) >= 11 is 0. The second kappa shape index (κ2) is 7.46. The van der Waals surface area contributed by atoms with Crippen LogP contribution >= 0.6 is 0 Å². The van der Waals surface area contributed by atoms with E-state index in [9.17, 15) is 24.4 Å². The van der Waals surface area contributed by atoms with E-state index >= 15 is 0 Å². The average Bonchev–Trinajstić information content (AvgIpc) is 2.85. The maximum Gasteiger partial charge on any atom is 0.488 e. The van der Waals surface area contributed by atoms with E-state index in [1.807, 2.05) is 0 Å². The van der Waals surface area contributed by atoms with E-state index in [1.165, 1.54) is 17.0 Å². The number of fused-ring (bicyclic) bond motifs is 1. The van der Waals surface area contributed by atoms with E-state index in [0.29, 0.717) is 24.2 Å². The molecule has 2 amide bonds. The third kappa shape index (κ3) is 3.41. The Morgan fingerprint density at radius 3 is 2.75 bits per heavy atom. The van der Waals surface area contributed by atoms with Crippen molar-refractivity contribution in [3.05, 3.63) is 23.3 Å². The highest BCUT2D eigenvalue weighted by Crippen LogP contribution is 2.32. The van der Waals surface area contributed by atoms with Gasteiger partial charge in [-0.3, -0.25) is 9.59 Å². The fourth-order valence-corrected chi connectivity index (χ4v) is 2.78. The normalized spacial score (nSPS) is 14.3. The number of nitrogens with two attached hydrogens (primary N) is 1. The Hall–Kier alpha value is -2.39. The summed E-state index contributed by atoms with van der Waals surface area (Å²) in [6.45, 7) is 2.20. The fraction of sp³-hybridized carbons (Fsp3) is 0.400. The van der Waals surface area contributed by atoms with Crippen LogP contribution in [0.15, 0.2) is 12.1 Å². The quantitative estimate of drug-likeness (QED) is 0.394. The van der Waals surface area contributed by atoms with Crippen molar-refractivity contribution in [2.24, 2.45) is 5.73 Å². The van der Waals surface area contributed by atoms with Gasteiger partial charge in [-0.2, -0.15) is 0 Å². The van der Waals surface area contributed by atoms with Gasteiger partial charge in [0.2, 0.25) is 5.91 Å². The Kier molecular flexibility index (Phi) is 5.58. The first-order chi connectivity index (χ1) is 11.4. The number of carbonyl (C=O) groups excluding carboxylic acids is 3. The van der Waals surface area contributed by atoms with Crippen molar-refractivity contribution in [2.45, 2.75) is 32.4 Å². The first kappa shape index (κ1) is 18.0. The zero-order valence-corrected chi connectivity index (χ0v) is 13.3. The lowest BCUT2D eigenvalue weighted by Crippen LogP contribution is -2.45. The molecule has 128 valence electrons. The summed E-state index contributed by atoms with van der Waals surface area (Å²) in [5, 5.41) is 18.8. The van der Waals surface area contributed by atoms with Crippen LogP contribution in [0, 0.1) is 0 Å². The number of carbonyl (C=O) groups is 3. The lowest BCUT2D eigenvalue weighted by atomic mass is 9.78. The molecule has 1 aliphatic heterocycles. The molecule has 0 saturated heterocycles. The summed E-state index contributed by atoms with van der Waals surface area (Å²) in [5.41, 5.74) is 6.29. The highest BCUT2D eigenvalue weighted by molar-refractivity contribution is 6.58. The van der Waals surface area contributed by atoms with Crippen molar-refractivity contribution in [3.8, 4) is 5.75 Å². The minimum atomic E-state index is -1.75. The number of hydrogen-bond acceptors (Lipinski definition) is 6. The molecule has 0 fully saturated rings. The fourth-order valence-electron chi connectivity index (χ4n) is 2.78. The van der Waals surface area contributed by atoms with Crippen molar-refractivity contribution in [1.29, 1.82) is 0 Å². The maximum absolute atomic E-state index is 12.6. The van der Waals surface area contributed by atoms with Gasteiger partial charge in [-0.25, -0.2) is 0 Å². The van der Waals surface area contributed by atoms with E-state index in [0.717, 1.165) is 0 Å². The molecule has 0 saturated carbocycles. The molecule has 0 spiro atoms. The average molecular weight is 334 g/mol. The predicted octanol–water partition coefficient (Wildman–Crippen LogP) is -1.45. The van der Waals surface area contributed by atoms with Crippen LogP contribution in [0.5, 0.6) is 5.75 Å². The Morgan fingerprint density at radius 1 is 1.50 bits per heavy atom. The number of primary amides is 1. The molecule has 0 bridgehead atoms. The van der Waals surface area contributed by atoms with Crippen LogP contribution in [-0.4, -0.2) is 52.8 Å². The molecule has 9 heteroatoms. The van der Waals surface area contributed by atoms with Gasteiger partial charge in [-0.05, 0) is 30.9 Å². The second-order valence-electron chi connectivity index (χ2n) is 5.45. The summed E-state index contributed by atoms with van der Waals surface area (Å²) in [7, 11) is -1.75. The van der Waals surface area contributed by atoms with Crippen molar-refractivity contribution >= 4 is 30.7 Å². The zero-order chi connectivity index (χ0) is 17.9. The molecule has 0 aliphatic carbocycles. The minimum absolute atomic E-state index is 0.104. The SMILES string of the molecule is CCOc1cc(B(O)O)cc2c1CN(C(CCC=O)C(N)=O)C2=O. The molecule has 0 aromatic heterocycles. The summed E-state index contributed by atoms with van der Waals surface area (Å²) in [6, 6.07) is 1.91. The van der Waals surface area contributed by atoms with Crippen molar-refractivity contribution < 1.29 is 29.2 Å². The summed E-state index contributed by atoms with van der Waals surface area (Å²) in [4.78, 5) is 36.2. The van der Waals surface area contributed by atoms with E-state index in [1.54, 1.807) is 6.92 Å². The third-order valence-electron chi connectivity index (χ3n) is 3.91. The Bertz CT molecular complexity index is 664. The Morgan fingerprint density at radius 2 is 2.21 bits per heavy atom. The van der Waals surface area contributed by atoms with Crippen LogP contribution in [0.1, 0.15) is 35.7 Å². The highest BCUT2D eigenvalue weighted by Gasteiger charge is 2.37. The Balaban J connectivity index is 2.42. The monoisotopic (exact) mass is 334 g/mol. The van der Waals surface area contributed by atoms with Crippen molar-refractivity contribution in [2.75, 3.05) is 6.61 Å². The molecular weight excluding hydrogens is 315 g/mol. The number of ether oxygens (including phenoxy) is 1. The maximum atomic E-state index is 12.6. The standard InChI is InChI=1S/C15H19BN2O6/c1-2-24-13-7-9(16(22)23)6-10-11(13)8-18(15(10)21)12(14(17)20)4-3-5-19/h5-7,12,22-23H,2-4,8H2,1H3,(H2,17,20). The third-order valence-corrected chi connectivity index (χ3v) is 3.91. The molecule has 1 aromatic carbocycles. The number of hydrogen-bond donors (Lipinski definition) is 3. The lowest BCUT2D eigenvalue weighted by molar-refractivity contribution is -0.122. The van der Waals surface area contributed by atoms with Gasteiger partial charge < -0.3 is 30.2 Å². The summed E-state index contributed by atoms with van der Waals surface area (Å²) in [6.07, 6.45) is 0.903. The molecule has 24 heavy (non-hydrogen) atoms. The summed E-state index contributed by atoms with van der Waals surface area (Å²) in [5.74, 6) is -0.797. The molecule has 1 atom stereocenters. The van der Waals surface area contributed by atoms with Crippen molar-refractivity contribution in [3.63, 3.8) is 0 Å². The van der Waals surface area contributed by atoms with Gasteiger partial charge in [0.15, 0.2) is 0 Å². The van der Waals surface area contributed by atoms with Crippen LogP contribution in [0.4, 0.5) is 0 Å². The van der Waals surface area contributed by atoms with E-state index in [-0.39, 0.29) is 30.4 Å². The van der Waals surface area contributed by atoms with Crippen LogP contribution in [0.25, 0.3) is 0 Å². The zero-order valence-electron chi connectivity index (χ0n) is 13.3. The van der Waals surface area contributed by atoms with Crippen LogP contribution in [0.3, 0.4) is 0 Å². The van der Waals surface area contributed by atoms with Crippen LogP contribution in [0.2, 0.25) is 0 Å². The number of rotatable bonds is 8. The van der Waals surface area contributed by atoms with Crippen molar-refractivity contribution in [1.82, 2.24) is 4.90 Å². The highest BCUT2D eigenvalue weighted by atomic mass is 16.5. The lowest BCUT2D eigenvalue weighted by Gasteiger charge is -2.24. The number of aldehydes is 1. The molecule has 1 aromatic rings. The minimum Gasteiger partial charge on any atom is -0.494 e. The number of nitrogens with zero attached hydrogens (tertiary/aromatic N) is 1. The molecule has 8 nitrogen and oxygen atoms in total. The van der Waals surface area contributed by atoms with E-state index < -0.39 is 25.0 Å². The van der Waals surface area contributed by atoms with Gasteiger partial charge in [0, 0.05) is 17.5 Å². The van der Waals surface area contributed by atoms with Gasteiger partial charge in [-0.15, -0.1) is 0 Å². The van der Waals surface area contributed by atoms with E-state index in [2.05, 4.69) is 0 Å². The topological polar surface area (TPSA) is 130 Å². The smallest absolute Gasteiger partial charge is 0.488 e. The largest absolute Gasteiger partial charge is 0.494 e. The van der Waals surface area contributed by atoms with Gasteiger partial charge >= 0.3 is 7.12 Å². The molecular formula is C15H19BN2O6. The van der Waals surface area contributed by atoms with Gasteiger partial charge in [0.25, 0.3) is 5.91 Å². The molecule has 1 aliphatic rings. The number of benzene rings is 1. The molecule has 1 heterocycles. The first-order valence-electron chi connectivity index (χ1n) is 7.60.